The summed E-state index contributed by atoms with van der Waals surface area (Å²) >= 11 is 6.22. The Balaban J connectivity index is 1.30. The molecular weight excluding hydrogens is 392 g/mol. The molecule has 2 N–H and O–H groups in total. The van der Waals surface area contributed by atoms with Gasteiger partial charge < -0.3 is 24.8 Å². The van der Waals surface area contributed by atoms with Crippen molar-refractivity contribution in [1.29, 1.82) is 0 Å². The second-order valence-electron chi connectivity index (χ2n) is 7.42. The molecule has 1 aromatic carbocycles. The second kappa shape index (κ2) is 10.1. The molecule has 0 saturated carbocycles. The van der Waals surface area contributed by atoms with E-state index in [0.29, 0.717) is 29.3 Å². The Morgan fingerprint density at radius 1 is 1.10 bits per heavy atom. The monoisotopic (exact) mass is 418 g/mol. The molecule has 0 aliphatic carbocycles. The SMILES string of the molecule is Clc1cnc(Nc2ccc(OCC3CCOCC3)cc2)nc1NC[C@H]1CCCO1. The first-order chi connectivity index (χ1) is 14.3. The van der Waals surface area contributed by atoms with Crippen molar-refractivity contribution in [2.45, 2.75) is 31.8 Å². The van der Waals surface area contributed by atoms with Crippen LogP contribution in [0.5, 0.6) is 5.75 Å². The van der Waals surface area contributed by atoms with Gasteiger partial charge in [0.05, 0.1) is 18.9 Å². The summed E-state index contributed by atoms with van der Waals surface area (Å²) in [6.07, 6.45) is 6.11. The smallest absolute Gasteiger partial charge is 0.229 e. The number of benzene rings is 1. The first-order valence-electron chi connectivity index (χ1n) is 10.2. The minimum Gasteiger partial charge on any atom is -0.493 e. The molecule has 0 unspecified atom stereocenters. The van der Waals surface area contributed by atoms with Gasteiger partial charge in [-0.2, -0.15) is 4.98 Å². The van der Waals surface area contributed by atoms with Crippen LogP contribution in [0.25, 0.3) is 0 Å². The number of halogens is 1. The Bertz CT molecular complexity index is 778. The normalized spacial score (nSPS) is 19.8. The van der Waals surface area contributed by atoms with Crippen LogP contribution in [-0.2, 0) is 9.47 Å². The molecule has 0 spiro atoms. The fourth-order valence-electron chi connectivity index (χ4n) is 3.46. The number of rotatable bonds is 8. The maximum atomic E-state index is 6.22. The van der Waals surface area contributed by atoms with E-state index in [4.69, 9.17) is 25.8 Å². The van der Waals surface area contributed by atoms with Crippen LogP contribution in [0.2, 0.25) is 5.02 Å². The van der Waals surface area contributed by atoms with Crippen molar-refractivity contribution in [2.24, 2.45) is 5.92 Å². The molecule has 2 saturated heterocycles. The summed E-state index contributed by atoms with van der Waals surface area (Å²) in [5.74, 6) is 2.53. The van der Waals surface area contributed by atoms with E-state index in [1.54, 1.807) is 6.20 Å². The highest BCUT2D eigenvalue weighted by molar-refractivity contribution is 6.32. The van der Waals surface area contributed by atoms with Gasteiger partial charge in [-0.05, 0) is 55.9 Å². The van der Waals surface area contributed by atoms with Gasteiger partial charge in [-0.25, -0.2) is 4.98 Å². The third-order valence-electron chi connectivity index (χ3n) is 5.20. The van der Waals surface area contributed by atoms with Gasteiger partial charge in [-0.15, -0.1) is 0 Å². The van der Waals surface area contributed by atoms with Gasteiger partial charge in [0.2, 0.25) is 5.95 Å². The van der Waals surface area contributed by atoms with Gasteiger partial charge in [-0.1, -0.05) is 11.6 Å². The lowest BCUT2D eigenvalue weighted by atomic mass is 10.0. The molecule has 1 aromatic heterocycles. The molecule has 0 radical (unpaired) electrons. The lowest BCUT2D eigenvalue weighted by molar-refractivity contribution is 0.0497. The largest absolute Gasteiger partial charge is 0.493 e. The summed E-state index contributed by atoms with van der Waals surface area (Å²) in [7, 11) is 0. The zero-order valence-corrected chi connectivity index (χ0v) is 17.2. The van der Waals surface area contributed by atoms with Gasteiger partial charge in [0.1, 0.15) is 10.8 Å². The summed E-state index contributed by atoms with van der Waals surface area (Å²) in [6.45, 7) is 3.92. The number of anilines is 3. The maximum Gasteiger partial charge on any atom is 0.229 e. The van der Waals surface area contributed by atoms with Crippen molar-refractivity contribution < 1.29 is 14.2 Å². The molecule has 156 valence electrons. The standard InChI is InChI=1S/C21H27ClN4O3/c22-19-13-24-21(26-20(19)23-12-18-2-1-9-28-18)25-16-3-5-17(6-4-16)29-14-15-7-10-27-11-8-15/h3-6,13,15,18H,1-2,7-12,14H2,(H2,23,24,25,26)/t18-/m1/s1. The average Bonchev–Trinajstić information content (AvgIpc) is 3.28. The number of nitrogens with one attached hydrogen (secondary N) is 2. The van der Waals surface area contributed by atoms with E-state index >= 15 is 0 Å². The summed E-state index contributed by atoms with van der Waals surface area (Å²) in [4.78, 5) is 8.75. The third-order valence-corrected chi connectivity index (χ3v) is 5.48. The quantitative estimate of drug-likeness (QED) is 0.662. The van der Waals surface area contributed by atoms with Crippen LogP contribution >= 0.6 is 11.6 Å². The van der Waals surface area contributed by atoms with Gasteiger partial charge in [0, 0.05) is 32.1 Å². The molecule has 1 atom stereocenters. The van der Waals surface area contributed by atoms with Crippen molar-refractivity contribution in [3.8, 4) is 5.75 Å². The molecule has 2 aliphatic rings. The van der Waals surface area contributed by atoms with E-state index in [2.05, 4.69) is 20.6 Å². The van der Waals surface area contributed by atoms with Crippen LogP contribution in [0.4, 0.5) is 17.5 Å². The van der Waals surface area contributed by atoms with Crippen molar-refractivity contribution in [3.63, 3.8) is 0 Å². The van der Waals surface area contributed by atoms with E-state index in [1.165, 1.54) is 0 Å². The molecule has 7 nitrogen and oxygen atoms in total. The first kappa shape index (κ1) is 20.2. The summed E-state index contributed by atoms with van der Waals surface area (Å²) < 4.78 is 16.9. The average molecular weight is 419 g/mol. The van der Waals surface area contributed by atoms with E-state index in [0.717, 1.165) is 63.5 Å². The highest BCUT2D eigenvalue weighted by Gasteiger charge is 2.16. The molecule has 8 heteroatoms. The number of aromatic nitrogens is 2. The van der Waals surface area contributed by atoms with Gasteiger partial charge in [0.25, 0.3) is 0 Å². The molecule has 0 bridgehead atoms. The van der Waals surface area contributed by atoms with E-state index in [-0.39, 0.29) is 6.10 Å². The maximum absolute atomic E-state index is 6.22. The second-order valence-corrected chi connectivity index (χ2v) is 7.83. The molecular formula is C21H27ClN4O3. The molecule has 2 fully saturated rings. The zero-order valence-electron chi connectivity index (χ0n) is 16.4. The number of hydrogen-bond acceptors (Lipinski definition) is 7. The predicted molar refractivity (Wildman–Crippen MR) is 113 cm³/mol. The Morgan fingerprint density at radius 3 is 2.69 bits per heavy atom. The number of hydrogen-bond donors (Lipinski definition) is 2. The van der Waals surface area contributed by atoms with Gasteiger partial charge >= 0.3 is 0 Å². The van der Waals surface area contributed by atoms with Crippen LogP contribution in [0, 0.1) is 5.92 Å². The molecule has 3 heterocycles. The number of nitrogens with zero attached hydrogens (tertiary/aromatic N) is 2. The molecule has 0 amide bonds. The van der Waals surface area contributed by atoms with Crippen LogP contribution in [0.3, 0.4) is 0 Å². The van der Waals surface area contributed by atoms with Crippen molar-refractivity contribution >= 4 is 29.1 Å². The van der Waals surface area contributed by atoms with Gasteiger partial charge in [0.15, 0.2) is 5.82 Å². The Hall–Kier alpha value is -2.09. The zero-order chi connectivity index (χ0) is 19.9. The fraction of sp³-hybridized carbons (Fsp3) is 0.524. The minimum absolute atomic E-state index is 0.214. The van der Waals surface area contributed by atoms with E-state index < -0.39 is 0 Å². The molecule has 4 rings (SSSR count). The fourth-order valence-corrected chi connectivity index (χ4v) is 3.62. The lowest BCUT2D eigenvalue weighted by Gasteiger charge is -2.22. The van der Waals surface area contributed by atoms with Crippen LogP contribution in [0.15, 0.2) is 30.5 Å². The lowest BCUT2D eigenvalue weighted by Crippen LogP contribution is -2.21. The van der Waals surface area contributed by atoms with Crippen LogP contribution in [0.1, 0.15) is 25.7 Å². The third kappa shape index (κ3) is 5.95. The number of ether oxygens (including phenoxy) is 3. The van der Waals surface area contributed by atoms with Crippen molar-refractivity contribution in [3.05, 3.63) is 35.5 Å². The highest BCUT2D eigenvalue weighted by atomic mass is 35.5. The molecule has 2 aliphatic heterocycles. The summed E-state index contributed by atoms with van der Waals surface area (Å²) in [5, 5.41) is 6.96. The van der Waals surface area contributed by atoms with Crippen LogP contribution in [-0.4, -0.2) is 49.0 Å². The van der Waals surface area contributed by atoms with Crippen LogP contribution < -0.4 is 15.4 Å². The minimum atomic E-state index is 0.214. The van der Waals surface area contributed by atoms with Crippen molar-refractivity contribution in [1.82, 2.24) is 9.97 Å². The highest BCUT2D eigenvalue weighted by Crippen LogP contribution is 2.24. The van der Waals surface area contributed by atoms with E-state index in [9.17, 15) is 0 Å². The molecule has 29 heavy (non-hydrogen) atoms. The Kier molecular flexibility index (Phi) is 7.03. The van der Waals surface area contributed by atoms with E-state index in [1.807, 2.05) is 24.3 Å². The van der Waals surface area contributed by atoms with Crippen molar-refractivity contribution in [2.75, 3.05) is 43.6 Å². The predicted octanol–water partition coefficient (Wildman–Crippen LogP) is 4.27. The first-order valence-corrected chi connectivity index (χ1v) is 10.6. The van der Waals surface area contributed by atoms with Gasteiger partial charge in [-0.3, -0.25) is 0 Å². The topological polar surface area (TPSA) is 77.5 Å². The summed E-state index contributed by atoms with van der Waals surface area (Å²) in [5.41, 5.74) is 0.885. The Labute approximate surface area is 176 Å². The summed E-state index contributed by atoms with van der Waals surface area (Å²) in [6, 6.07) is 7.82. The Morgan fingerprint density at radius 2 is 1.93 bits per heavy atom. The molecule has 2 aromatic rings.